The molecule has 1 aromatic heterocycles. The first-order chi connectivity index (χ1) is 24.6. The first-order valence-corrected chi connectivity index (χ1v) is 18.5. The number of nitrogens with zero attached hydrogens (tertiary/aromatic N) is 4. The minimum absolute atomic E-state index is 0.0178. The van der Waals surface area contributed by atoms with Crippen molar-refractivity contribution in [1.82, 2.24) is 25.3 Å². The Morgan fingerprint density at radius 1 is 0.923 bits per heavy atom. The molecule has 2 amide bonds. The van der Waals surface area contributed by atoms with Crippen molar-refractivity contribution in [3.63, 3.8) is 0 Å². The minimum Gasteiger partial charge on any atom is -0.497 e. The highest BCUT2D eigenvalue weighted by atomic mass is 16.6. The van der Waals surface area contributed by atoms with Gasteiger partial charge in [0.2, 0.25) is 0 Å². The lowest BCUT2D eigenvalue weighted by atomic mass is 9.88. The molecule has 2 aliphatic heterocycles. The van der Waals surface area contributed by atoms with Crippen LogP contribution >= 0.6 is 0 Å². The summed E-state index contributed by atoms with van der Waals surface area (Å²) in [4.78, 5) is 33.0. The fourth-order valence-corrected chi connectivity index (χ4v) is 7.46. The van der Waals surface area contributed by atoms with Crippen LogP contribution in [-0.2, 0) is 17.6 Å². The number of anilines is 2. The standard InChI is InChI=1S/C40H59N7O5/c1-27-23-46(24-28(2)47(27)18-10-17-45-25-35(40(6,7)26-45)41-38(49)52-39(3,4)5)32-15-12-30(13-16-32)37(48)42-36-21-31(43-44-36)14-11-29-19-33(50-8)22-34(20-29)51-9/h12-13,15-16,19-22,27-28,35H,10-11,14,17-18,23-26H2,1-9H3,(H,41,49)(H2,42,43,44,48)/t27-,28+,35-/m0/s1. The molecule has 12 heteroatoms. The van der Waals surface area contributed by atoms with Gasteiger partial charge in [0.15, 0.2) is 5.82 Å². The number of aryl methyl sites for hydroxylation is 2. The topological polar surface area (TPSA) is 124 Å². The second-order valence-electron chi connectivity index (χ2n) is 16.1. The van der Waals surface area contributed by atoms with Crippen LogP contribution in [0.5, 0.6) is 11.5 Å². The van der Waals surface area contributed by atoms with Gasteiger partial charge in [0.1, 0.15) is 17.1 Å². The number of likely N-dealkylation sites (tertiary alicyclic amines) is 1. The van der Waals surface area contributed by atoms with Crippen molar-refractivity contribution >= 4 is 23.5 Å². The van der Waals surface area contributed by atoms with E-state index < -0.39 is 5.60 Å². The SMILES string of the molecule is COc1cc(CCc2cc(NC(=O)c3ccc(N4C[C@@H](C)N(CCCN5C[C@H](NC(=O)OC(C)(C)C)C(C)(C)C5)[C@@H](C)C4)cc3)n[nH]2)cc(OC)c1. The van der Waals surface area contributed by atoms with Crippen LogP contribution in [-0.4, -0.2) is 109 Å². The Hall–Kier alpha value is -4.29. The predicted octanol–water partition coefficient (Wildman–Crippen LogP) is 5.99. The van der Waals surface area contributed by atoms with Gasteiger partial charge >= 0.3 is 6.09 Å². The maximum Gasteiger partial charge on any atom is 0.407 e. The fraction of sp³-hybridized carbons (Fsp3) is 0.575. The number of carbonyl (C=O) groups is 2. The summed E-state index contributed by atoms with van der Waals surface area (Å²) in [5.74, 6) is 1.81. The number of alkyl carbamates (subject to hydrolysis) is 1. The van der Waals surface area contributed by atoms with Crippen LogP contribution in [0.1, 0.15) is 76.5 Å². The number of benzene rings is 2. The molecule has 2 aromatic carbocycles. The van der Waals surface area contributed by atoms with E-state index in [4.69, 9.17) is 14.2 Å². The molecule has 5 rings (SSSR count). The zero-order valence-electron chi connectivity index (χ0n) is 32.5. The molecule has 284 valence electrons. The van der Waals surface area contributed by atoms with Crippen molar-refractivity contribution in [3.05, 3.63) is 65.4 Å². The molecule has 3 heterocycles. The van der Waals surface area contributed by atoms with Gasteiger partial charge in [0.25, 0.3) is 5.91 Å². The molecule has 0 bridgehead atoms. The summed E-state index contributed by atoms with van der Waals surface area (Å²) in [6.07, 6.45) is 2.23. The van der Waals surface area contributed by atoms with E-state index in [-0.39, 0.29) is 23.5 Å². The van der Waals surface area contributed by atoms with Crippen LogP contribution in [0.2, 0.25) is 0 Å². The van der Waals surface area contributed by atoms with E-state index >= 15 is 0 Å². The highest BCUT2D eigenvalue weighted by Gasteiger charge is 2.40. The molecule has 12 nitrogen and oxygen atoms in total. The zero-order valence-corrected chi connectivity index (χ0v) is 32.5. The number of nitrogens with one attached hydrogen (secondary N) is 3. The van der Waals surface area contributed by atoms with Crippen LogP contribution in [0.3, 0.4) is 0 Å². The summed E-state index contributed by atoms with van der Waals surface area (Å²) >= 11 is 0. The molecule has 3 N–H and O–H groups in total. The first-order valence-electron chi connectivity index (χ1n) is 18.5. The number of piperazine rings is 1. The van der Waals surface area contributed by atoms with Crippen LogP contribution in [0, 0.1) is 5.41 Å². The summed E-state index contributed by atoms with van der Waals surface area (Å²) in [6.45, 7) is 20.4. The third kappa shape index (κ3) is 10.4. The molecule has 0 radical (unpaired) electrons. The molecule has 52 heavy (non-hydrogen) atoms. The van der Waals surface area contributed by atoms with E-state index in [1.165, 1.54) is 0 Å². The number of hydrogen-bond acceptors (Lipinski definition) is 9. The average molecular weight is 718 g/mol. The van der Waals surface area contributed by atoms with Gasteiger partial charge in [0.05, 0.1) is 20.3 Å². The molecule has 3 atom stereocenters. The van der Waals surface area contributed by atoms with Crippen LogP contribution in [0.15, 0.2) is 48.5 Å². The Bertz CT molecular complexity index is 1620. The molecule has 2 fully saturated rings. The number of aromatic nitrogens is 2. The van der Waals surface area contributed by atoms with Gasteiger partial charge in [-0.3, -0.25) is 14.8 Å². The third-order valence-electron chi connectivity index (χ3n) is 10.2. The minimum atomic E-state index is -0.507. The van der Waals surface area contributed by atoms with Crippen molar-refractivity contribution in [2.75, 3.05) is 63.7 Å². The van der Waals surface area contributed by atoms with E-state index in [0.29, 0.717) is 23.5 Å². The van der Waals surface area contributed by atoms with Gasteiger partial charge in [-0.2, -0.15) is 5.10 Å². The lowest BCUT2D eigenvalue weighted by Gasteiger charge is -2.45. The number of H-pyrrole nitrogens is 1. The molecule has 0 unspecified atom stereocenters. The van der Waals surface area contributed by atoms with Crippen LogP contribution in [0.25, 0.3) is 0 Å². The van der Waals surface area contributed by atoms with Gasteiger partial charge in [-0.25, -0.2) is 4.79 Å². The number of methoxy groups -OCH3 is 2. The van der Waals surface area contributed by atoms with E-state index in [1.54, 1.807) is 14.2 Å². The highest BCUT2D eigenvalue weighted by molar-refractivity contribution is 6.04. The summed E-state index contributed by atoms with van der Waals surface area (Å²) in [5.41, 5.74) is 3.20. The molecule has 2 aliphatic rings. The Morgan fingerprint density at radius 3 is 2.19 bits per heavy atom. The number of ether oxygens (including phenoxy) is 3. The van der Waals surface area contributed by atoms with Crippen molar-refractivity contribution in [3.8, 4) is 11.5 Å². The van der Waals surface area contributed by atoms with E-state index in [0.717, 1.165) is 87.0 Å². The Balaban J connectivity index is 1.06. The fourth-order valence-electron chi connectivity index (χ4n) is 7.46. The molecule has 0 spiro atoms. The number of aromatic amines is 1. The lowest BCUT2D eigenvalue weighted by Crippen LogP contribution is -2.57. The second kappa shape index (κ2) is 16.6. The van der Waals surface area contributed by atoms with Crippen molar-refractivity contribution in [1.29, 1.82) is 0 Å². The molecular formula is C40H59N7O5. The second-order valence-corrected chi connectivity index (χ2v) is 16.1. The molecule has 0 aliphatic carbocycles. The van der Waals surface area contributed by atoms with E-state index in [9.17, 15) is 9.59 Å². The normalized spacial score (nSPS) is 20.8. The van der Waals surface area contributed by atoms with E-state index in [2.05, 4.69) is 63.2 Å². The Labute approximate surface area is 309 Å². The quantitative estimate of drug-likeness (QED) is 0.196. The molecule has 2 saturated heterocycles. The number of amides is 2. The van der Waals surface area contributed by atoms with Gasteiger partial charge in [-0.05, 0) is 108 Å². The first kappa shape index (κ1) is 38.9. The largest absolute Gasteiger partial charge is 0.497 e. The maximum absolute atomic E-state index is 13.1. The molecular weight excluding hydrogens is 658 g/mol. The summed E-state index contributed by atoms with van der Waals surface area (Å²) in [5, 5.41) is 13.4. The average Bonchev–Trinajstić information content (AvgIpc) is 3.65. The van der Waals surface area contributed by atoms with E-state index in [1.807, 2.05) is 69.3 Å². The van der Waals surface area contributed by atoms with Crippen molar-refractivity contribution in [2.24, 2.45) is 5.41 Å². The van der Waals surface area contributed by atoms with Crippen LogP contribution in [0.4, 0.5) is 16.3 Å². The van der Waals surface area contributed by atoms with Gasteiger partial charge in [0, 0.05) is 73.9 Å². The number of carbonyl (C=O) groups excluding carboxylic acids is 2. The predicted molar refractivity (Wildman–Crippen MR) is 206 cm³/mol. The van der Waals surface area contributed by atoms with Crippen molar-refractivity contribution in [2.45, 2.75) is 91.5 Å². The molecule has 0 saturated carbocycles. The number of hydrogen-bond donors (Lipinski definition) is 3. The Morgan fingerprint density at radius 2 is 1.58 bits per heavy atom. The van der Waals surface area contributed by atoms with Crippen LogP contribution < -0.4 is 25.0 Å². The summed E-state index contributed by atoms with van der Waals surface area (Å²) in [6, 6.07) is 16.4. The zero-order chi connectivity index (χ0) is 37.6. The van der Waals surface area contributed by atoms with Gasteiger partial charge < -0.3 is 34.6 Å². The maximum atomic E-state index is 13.1. The summed E-state index contributed by atoms with van der Waals surface area (Å²) < 4.78 is 16.3. The monoisotopic (exact) mass is 717 g/mol. The summed E-state index contributed by atoms with van der Waals surface area (Å²) in [7, 11) is 3.28. The lowest BCUT2D eigenvalue weighted by molar-refractivity contribution is 0.0479. The third-order valence-corrected chi connectivity index (χ3v) is 10.2. The smallest absolute Gasteiger partial charge is 0.407 e. The molecule has 3 aromatic rings. The number of rotatable bonds is 13. The highest BCUT2D eigenvalue weighted by Crippen LogP contribution is 2.31. The van der Waals surface area contributed by atoms with Crippen molar-refractivity contribution < 1.29 is 23.8 Å². The van der Waals surface area contributed by atoms with Gasteiger partial charge in [-0.1, -0.05) is 13.8 Å². The Kier molecular flexibility index (Phi) is 12.4. The van der Waals surface area contributed by atoms with Gasteiger partial charge in [-0.15, -0.1) is 0 Å².